The van der Waals surface area contributed by atoms with E-state index < -0.39 is 0 Å². The zero-order valence-electron chi connectivity index (χ0n) is 10.7. The Balaban J connectivity index is 2.69. The van der Waals surface area contributed by atoms with Crippen LogP contribution in [0.3, 0.4) is 0 Å². The van der Waals surface area contributed by atoms with Crippen LogP contribution in [0, 0.1) is 13.8 Å². The molecule has 0 saturated heterocycles. The van der Waals surface area contributed by atoms with Crippen LogP contribution in [0.2, 0.25) is 0 Å². The van der Waals surface area contributed by atoms with Gasteiger partial charge in [0.2, 0.25) is 0 Å². The Morgan fingerprint density at radius 2 is 2.18 bits per heavy atom. The lowest BCUT2D eigenvalue weighted by atomic mass is 10.0. The fourth-order valence-electron chi connectivity index (χ4n) is 1.72. The molecule has 2 nitrogen and oxygen atoms in total. The Morgan fingerprint density at radius 3 is 2.82 bits per heavy atom. The summed E-state index contributed by atoms with van der Waals surface area (Å²) in [6.45, 7) is 10.7. The first-order valence-electron chi connectivity index (χ1n) is 5.77. The van der Waals surface area contributed by atoms with Crippen molar-refractivity contribution in [2.45, 2.75) is 26.8 Å². The van der Waals surface area contributed by atoms with Gasteiger partial charge in [-0.25, -0.2) is 0 Å². The number of hydrogen-bond acceptors (Lipinski definition) is 1. The van der Waals surface area contributed by atoms with Gasteiger partial charge in [-0.15, -0.1) is 6.58 Å². The highest BCUT2D eigenvalue weighted by molar-refractivity contribution is 7.80. The smallest absolute Gasteiger partial charge is 0.167 e. The van der Waals surface area contributed by atoms with Gasteiger partial charge in [0.1, 0.15) is 0 Å². The summed E-state index contributed by atoms with van der Waals surface area (Å²) in [5.41, 5.74) is 3.83. The molecule has 17 heavy (non-hydrogen) atoms. The Morgan fingerprint density at radius 1 is 1.47 bits per heavy atom. The molecule has 0 aliphatic heterocycles. The van der Waals surface area contributed by atoms with E-state index in [0.717, 1.165) is 0 Å². The van der Waals surface area contributed by atoms with E-state index in [-0.39, 0.29) is 6.04 Å². The maximum atomic E-state index is 5.20. The first-order valence-corrected chi connectivity index (χ1v) is 6.18. The van der Waals surface area contributed by atoms with Gasteiger partial charge in [0.15, 0.2) is 5.11 Å². The van der Waals surface area contributed by atoms with E-state index in [1.165, 1.54) is 16.7 Å². The lowest BCUT2D eigenvalue weighted by molar-refractivity contribution is 0.700. The van der Waals surface area contributed by atoms with E-state index in [1.807, 2.05) is 0 Å². The monoisotopic (exact) mass is 248 g/mol. The fourth-order valence-corrected chi connectivity index (χ4v) is 1.98. The summed E-state index contributed by atoms with van der Waals surface area (Å²) in [5, 5.41) is 7.01. The zero-order chi connectivity index (χ0) is 12.8. The number of thiocarbonyl (C=S) groups is 1. The van der Waals surface area contributed by atoms with Gasteiger partial charge >= 0.3 is 0 Å². The SMILES string of the molecule is C=CCNC(=S)NC(C)c1cc(C)ccc1C. The van der Waals surface area contributed by atoms with Gasteiger partial charge in [-0.2, -0.15) is 0 Å². The van der Waals surface area contributed by atoms with Crippen LogP contribution in [0.15, 0.2) is 30.9 Å². The van der Waals surface area contributed by atoms with E-state index in [2.05, 4.69) is 56.2 Å². The molecular formula is C14H20N2S. The van der Waals surface area contributed by atoms with Crippen LogP contribution in [-0.2, 0) is 0 Å². The summed E-state index contributed by atoms with van der Waals surface area (Å²) in [4.78, 5) is 0. The van der Waals surface area contributed by atoms with Crippen molar-refractivity contribution in [3.63, 3.8) is 0 Å². The first kappa shape index (κ1) is 13.7. The summed E-state index contributed by atoms with van der Waals surface area (Å²) >= 11 is 5.20. The Bertz CT molecular complexity index is 413. The third kappa shape index (κ3) is 4.19. The molecule has 0 radical (unpaired) electrons. The topological polar surface area (TPSA) is 24.1 Å². The summed E-state index contributed by atoms with van der Waals surface area (Å²) in [6.07, 6.45) is 1.79. The Hall–Kier alpha value is -1.35. The predicted molar refractivity (Wildman–Crippen MR) is 78.3 cm³/mol. The van der Waals surface area contributed by atoms with E-state index in [4.69, 9.17) is 12.2 Å². The maximum Gasteiger partial charge on any atom is 0.167 e. The first-order chi connectivity index (χ1) is 8.04. The van der Waals surface area contributed by atoms with Gasteiger partial charge in [0, 0.05) is 6.54 Å². The lowest BCUT2D eigenvalue weighted by Gasteiger charge is -2.19. The molecule has 0 aromatic heterocycles. The minimum absolute atomic E-state index is 0.208. The quantitative estimate of drug-likeness (QED) is 0.632. The number of hydrogen-bond donors (Lipinski definition) is 2. The van der Waals surface area contributed by atoms with Gasteiger partial charge in [-0.3, -0.25) is 0 Å². The normalized spacial score (nSPS) is 11.7. The summed E-state index contributed by atoms with van der Waals surface area (Å²) < 4.78 is 0. The Kier molecular flexibility index (Phi) is 5.16. The van der Waals surface area contributed by atoms with Crippen molar-refractivity contribution in [1.29, 1.82) is 0 Å². The van der Waals surface area contributed by atoms with E-state index >= 15 is 0 Å². The molecule has 1 aromatic carbocycles. The average Bonchev–Trinajstić information content (AvgIpc) is 2.29. The molecule has 0 heterocycles. The standard InChI is InChI=1S/C14H20N2S/c1-5-8-15-14(17)16-12(4)13-9-10(2)6-7-11(13)3/h5-7,9,12H,1,8H2,2-4H3,(H2,15,16,17). The predicted octanol–water partition coefficient (Wildman–Crippen LogP) is 3.01. The van der Waals surface area contributed by atoms with Crippen LogP contribution in [0.5, 0.6) is 0 Å². The van der Waals surface area contributed by atoms with E-state index in [0.29, 0.717) is 11.7 Å². The molecule has 1 atom stereocenters. The van der Waals surface area contributed by atoms with Gasteiger partial charge in [0.25, 0.3) is 0 Å². The van der Waals surface area contributed by atoms with Crippen molar-refractivity contribution in [2.75, 3.05) is 6.54 Å². The minimum Gasteiger partial charge on any atom is -0.359 e. The van der Waals surface area contributed by atoms with Gasteiger partial charge in [-0.05, 0) is 44.1 Å². The molecule has 1 aromatic rings. The van der Waals surface area contributed by atoms with Crippen molar-refractivity contribution >= 4 is 17.3 Å². The lowest BCUT2D eigenvalue weighted by Crippen LogP contribution is -2.37. The minimum atomic E-state index is 0.208. The van der Waals surface area contributed by atoms with Crippen molar-refractivity contribution < 1.29 is 0 Å². The summed E-state index contributed by atoms with van der Waals surface area (Å²) in [5.74, 6) is 0. The van der Waals surface area contributed by atoms with Crippen LogP contribution in [0.1, 0.15) is 29.7 Å². The van der Waals surface area contributed by atoms with Crippen LogP contribution < -0.4 is 10.6 Å². The molecule has 0 spiro atoms. The zero-order valence-corrected chi connectivity index (χ0v) is 11.5. The highest BCUT2D eigenvalue weighted by Gasteiger charge is 2.09. The average molecular weight is 248 g/mol. The molecule has 1 rings (SSSR count). The van der Waals surface area contributed by atoms with Gasteiger partial charge in [0.05, 0.1) is 6.04 Å². The second kappa shape index (κ2) is 6.40. The molecule has 0 aliphatic carbocycles. The highest BCUT2D eigenvalue weighted by Crippen LogP contribution is 2.18. The number of rotatable bonds is 4. The van der Waals surface area contributed by atoms with Crippen LogP contribution in [-0.4, -0.2) is 11.7 Å². The molecule has 0 saturated carbocycles. The van der Waals surface area contributed by atoms with Crippen molar-refractivity contribution in [1.82, 2.24) is 10.6 Å². The molecule has 0 bridgehead atoms. The molecule has 92 valence electrons. The van der Waals surface area contributed by atoms with E-state index in [1.54, 1.807) is 6.08 Å². The number of nitrogens with one attached hydrogen (secondary N) is 2. The third-order valence-electron chi connectivity index (χ3n) is 2.66. The molecule has 0 aliphatic rings. The molecule has 2 N–H and O–H groups in total. The molecular weight excluding hydrogens is 228 g/mol. The molecule has 0 fully saturated rings. The van der Waals surface area contributed by atoms with E-state index in [9.17, 15) is 0 Å². The fraction of sp³-hybridized carbons (Fsp3) is 0.357. The van der Waals surface area contributed by atoms with Crippen LogP contribution in [0.4, 0.5) is 0 Å². The van der Waals surface area contributed by atoms with Crippen molar-refractivity contribution in [3.8, 4) is 0 Å². The van der Waals surface area contributed by atoms with Crippen LogP contribution >= 0.6 is 12.2 Å². The second-order valence-electron chi connectivity index (χ2n) is 4.22. The molecule has 1 unspecified atom stereocenters. The highest BCUT2D eigenvalue weighted by atomic mass is 32.1. The van der Waals surface area contributed by atoms with Crippen LogP contribution in [0.25, 0.3) is 0 Å². The van der Waals surface area contributed by atoms with Crippen molar-refractivity contribution in [2.24, 2.45) is 0 Å². The maximum absolute atomic E-state index is 5.20. The number of benzene rings is 1. The van der Waals surface area contributed by atoms with Gasteiger partial charge in [-0.1, -0.05) is 29.8 Å². The largest absolute Gasteiger partial charge is 0.359 e. The Labute approximate surface area is 109 Å². The second-order valence-corrected chi connectivity index (χ2v) is 4.63. The summed E-state index contributed by atoms with van der Waals surface area (Å²) in [7, 11) is 0. The molecule has 3 heteroatoms. The summed E-state index contributed by atoms with van der Waals surface area (Å²) in [6, 6.07) is 6.67. The van der Waals surface area contributed by atoms with Crippen molar-refractivity contribution in [3.05, 3.63) is 47.5 Å². The number of aryl methyl sites for hydroxylation is 2. The molecule has 0 amide bonds. The van der Waals surface area contributed by atoms with Gasteiger partial charge < -0.3 is 10.6 Å². The third-order valence-corrected chi connectivity index (χ3v) is 2.92.